The van der Waals surface area contributed by atoms with E-state index in [-0.39, 0.29) is 0 Å². The fraction of sp³-hybridized carbons (Fsp3) is 0.786. The van der Waals surface area contributed by atoms with Crippen LogP contribution in [0.2, 0.25) is 0 Å². The Hall–Kier alpha value is -0.160. The Labute approximate surface area is 124 Å². The SMILES string of the molecule is CC1CN(CCCCc2nc(CCl)cs2)C(C)CO1. The molecule has 2 atom stereocenters. The number of ether oxygens (including phenoxy) is 1. The van der Waals surface area contributed by atoms with Gasteiger partial charge in [0.05, 0.1) is 29.3 Å². The van der Waals surface area contributed by atoms with Crippen LogP contribution in [0.1, 0.15) is 37.4 Å². The molecule has 0 amide bonds. The van der Waals surface area contributed by atoms with Gasteiger partial charge in [0.25, 0.3) is 0 Å². The zero-order valence-electron chi connectivity index (χ0n) is 11.8. The standard InChI is InChI=1S/C14H23ClN2OS/c1-11-9-18-12(2)8-17(11)6-4-3-5-14-16-13(7-15)10-19-14/h10-12H,3-9H2,1-2H3. The zero-order valence-corrected chi connectivity index (χ0v) is 13.3. The van der Waals surface area contributed by atoms with Crippen molar-refractivity contribution >= 4 is 22.9 Å². The van der Waals surface area contributed by atoms with Gasteiger partial charge in [0.1, 0.15) is 0 Å². The average Bonchev–Trinajstić information content (AvgIpc) is 2.86. The number of halogens is 1. The lowest BCUT2D eigenvalue weighted by Crippen LogP contribution is -2.47. The van der Waals surface area contributed by atoms with E-state index in [9.17, 15) is 0 Å². The Morgan fingerprint density at radius 1 is 1.47 bits per heavy atom. The fourth-order valence-corrected chi connectivity index (χ4v) is 3.47. The molecule has 1 fully saturated rings. The minimum atomic E-state index is 0.376. The summed E-state index contributed by atoms with van der Waals surface area (Å²) in [7, 11) is 0. The van der Waals surface area contributed by atoms with Gasteiger partial charge in [0.15, 0.2) is 0 Å². The predicted molar refractivity (Wildman–Crippen MR) is 81.1 cm³/mol. The van der Waals surface area contributed by atoms with Crippen LogP contribution in [-0.2, 0) is 17.0 Å². The molecular weight excluding hydrogens is 280 g/mol. The molecule has 19 heavy (non-hydrogen) atoms. The topological polar surface area (TPSA) is 25.4 Å². The molecule has 2 heterocycles. The Bertz CT molecular complexity index is 385. The smallest absolute Gasteiger partial charge is 0.0928 e. The summed E-state index contributed by atoms with van der Waals surface area (Å²) in [4.78, 5) is 7.03. The highest BCUT2D eigenvalue weighted by atomic mass is 35.5. The number of hydrogen-bond acceptors (Lipinski definition) is 4. The van der Waals surface area contributed by atoms with E-state index in [1.54, 1.807) is 11.3 Å². The van der Waals surface area contributed by atoms with Gasteiger partial charge in [-0.15, -0.1) is 22.9 Å². The second-order valence-corrected chi connectivity index (χ2v) is 6.52. The zero-order chi connectivity index (χ0) is 13.7. The van der Waals surface area contributed by atoms with Crippen LogP contribution in [0.3, 0.4) is 0 Å². The number of aromatic nitrogens is 1. The van der Waals surface area contributed by atoms with E-state index < -0.39 is 0 Å². The molecule has 1 aliphatic heterocycles. The number of thiazole rings is 1. The molecule has 0 spiro atoms. The summed E-state index contributed by atoms with van der Waals surface area (Å²) < 4.78 is 5.65. The van der Waals surface area contributed by atoms with Gasteiger partial charge in [-0.25, -0.2) is 4.98 Å². The molecule has 0 bridgehead atoms. The van der Waals surface area contributed by atoms with Crippen LogP contribution in [0.4, 0.5) is 0 Å². The van der Waals surface area contributed by atoms with Gasteiger partial charge in [0.2, 0.25) is 0 Å². The van der Waals surface area contributed by atoms with E-state index in [0.29, 0.717) is 18.0 Å². The minimum absolute atomic E-state index is 0.376. The second-order valence-electron chi connectivity index (χ2n) is 5.31. The highest BCUT2D eigenvalue weighted by molar-refractivity contribution is 7.09. The predicted octanol–water partition coefficient (Wildman–Crippen LogP) is 3.31. The summed E-state index contributed by atoms with van der Waals surface area (Å²) in [5.41, 5.74) is 1.01. The van der Waals surface area contributed by atoms with Crippen molar-refractivity contribution in [2.24, 2.45) is 0 Å². The Balaban J connectivity index is 1.65. The van der Waals surface area contributed by atoms with Gasteiger partial charge in [0, 0.05) is 18.0 Å². The lowest BCUT2D eigenvalue weighted by Gasteiger charge is -2.36. The summed E-state index contributed by atoms with van der Waals surface area (Å²) in [5, 5.41) is 3.28. The van der Waals surface area contributed by atoms with Crippen molar-refractivity contribution in [2.75, 3.05) is 19.7 Å². The van der Waals surface area contributed by atoms with Crippen molar-refractivity contribution in [3.05, 3.63) is 16.1 Å². The van der Waals surface area contributed by atoms with Crippen molar-refractivity contribution < 1.29 is 4.74 Å². The van der Waals surface area contributed by atoms with Crippen molar-refractivity contribution in [3.8, 4) is 0 Å². The Kier molecular flexibility index (Phi) is 6.07. The van der Waals surface area contributed by atoms with Crippen molar-refractivity contribution in [1.82, 2.24) is 9.88 Å². The summed E-state index contributed by atoms with van der Waals surface area (Å²) in [6.07, 6.45) is 3.89. The third-order valence-corrected chi connectivity index (χ3v) is 4.79. The summed E-state index contributed by atoms with van der Waals surface area (Å²) >= 11 is 7.49. The van der Waals surface area contributed by atoms with Gasteiger partial charge < -0.3 is 4.74 Å². The molecule has 108 valence electrons. The Morgan fingerprint density at radius 2 is 2.32 bits per heavy atom. The number of rotatable bonds is 6. The molecule has 0 aromatic carbocycles. The molecule has 0 N–H and O–H groups in total. The molecular formula is C14H23ClN2OS. The van der Waals surface area contributed by atoms with E-state index in [4.69, 9.17) is 16.3 Å². The van der Waals surface area contributed by atoms with E-state index in [0.717, 1.165) is 25.3 Å². The lowest BCUT2D eigenvalue weighted by molar-refractivity contribution is -0.0496. The summed E-state index contributed by atoms with van der Waals surface area (Å²) in [5.74, 6) is 0.527. The first-order chi connectivity index (χ1) is 9.19. The van der Waals surface area contributed by atoms with Crippen LogP contribution in [0.5, 0.6) is 0 Å². The lowest BCUT2D eigenvalue weighted by atomic mass is 10.1. The number of nitrogens with zero attached hydrogens (tertiary/aromatic N) is 2. The van der Waals surface area contributed by atoms with E-state index in [1.807, 2.05) is 0 Å². The Morgan fingerprint density at radius 3 is 3.05 bits per heavy atom. The highest BCUT2D eigenvalue weighted by Gasteiger charge is 2.22. The van der Waals surface area contributed by atoms with Crippen molar-refractivity contribution in [1.29, 1.82) is 0 Å². The molecule has 2 rings (SSSR count). The molecule has 1 aliphatic rings. The van der Waals surface area contributed by atoms with Crippen LogP contribution in [0.25, 0.3) is 0 Å². The van der Waals surface area contributed by atoms with Gasteiger partial charge in [-0.2, -0.15) is 0 Å². The number of aryl methyl sites for hydroxylation is 1. The first-order valence-corrected chi connectivity index (χ1v) is 8.45. The number of alkyl halides is 1. The molecule has 5 heteroatoms. The van der Waals surface area contributed by atoms with Gasteiger partial charge >= 0.3 is 0 Å². The first-order valence-electron chi connectivity index (χ1n) is 7.04. The normalized spacial score (nSPS) is 24.8. The van der Waals surface area contributed by atoms with Crippen molar-refractivity contribution in [3.63, 3.8) is 0 Å². The molecule has 0 aliphatic carbocycles. The molecule has 3 nitrogen and oxygen atoms in total. The molecule has 1 saturated heterocycles. The quantitative estimate of drug-likeness (QED) is 0.595. The fourth-order valence-electron chi connectivity index (χ4n) is 2.40. The van der Waals surface area contributed by atoms with Crippen LogP contribution >= 0.6 is 22.9 Å². The number of unbranched alkanes of at least 4 members (excludes halogenated alkanes) is 1. The van der Waals surface area contributed by atoms with E-state index in [2.05, 4.69) is 29.1 Å². The van der Waals surface area contributed by atoms with E-state index in [1.165, 1.54) is 24.4 Å². The molecule has 2 unspecified atom stereocenters. The minimum Gasteiger partial charge on any atom is -0.376 e. The third kappa shape index (κ3) is 4.71. The largest absolute Gasteiger partial charge is 0.376 e. The van der Waals surface area contributed by atoms with Crippen molar-refractivity contribution in [2.45, 2.75) is 51.1 Å². The average molecular weight is 303 g/mol. The number of hydrogen-bond donors (Lipinski definition) is 0. The monoisotopic (exact) mass is 302 g/mol. The van der Waals surface area contributed by atoms with Gasteiger partial charge in [-0.3, -0.25) is 4.90 Å². The van der Waals surface area contributed by atoms with Crippen LogP contribution < -0.4 is 0 Å². The summed E-state index contributed by atoms with van der Waals surface area (Å²) in [6.45, 7) is 7.51. The second kappa shape index (κ2) is 7.58. The first kappa shape index (κ1) is 15.2. The van der Waals surface area contributed by atoms with Crippen LogP contribution in [0.15, 0.2) is 5.38 Å². The van der Waals surface area contributed by atoms with Crippen LogP contribution in [0, 0.1) is 0 Å². The summed E-state index contributed by atoms with van der Waals surface area (Å²) in [6, 6.07) is 0.555. The van der Waals surface area contributed by atoms with Gasteiger partial charge in [-0.05, 0) is 39.7 Å². The molecule has 0 saturated carbocycles. The molecule has 0 radical (unpaired) electrons. The molecule has 1 aromatic heterocycles. The maximum absolute atomic E-state index is 5.76. The maximum Gasteiger partial charge on any atom is 0.0928 e. The van der Waals surface area contributed by atoms with E-state index >= 15 is 0 Å². The van der Waals surface area contributed by atoms with Gasteiger partial charge in [-0.1, -0.05) is 0 Å². The number of morpholine rings is 1. The van der Waals surface area contributed by atoms with Crippen LogP contribution in [-0.4, -0.2) is 41.7 Å². The molecule has 1 aromatic rings. The highest BCUT2D eigenvalue weighted by Crippen LogP contribution is 2.16. The maximum atomic E-state index is 5.76. The third-order valence-electron chi connectivity index (χ3n) is 3.56.